The molecule has 6 heteroatoms. The van der Waals surface area contributed by atoms with Crippen LogP contribution >= 0.6 is 15.9 Å². The van der Waals surface area contributed by atoms with Crippen molar-refractivity contribution in [2.75, 3.05) is 0 Å². The SMILES string of the molecule is Cc1ccc(C(Br)c2c(F)c(F)c(F)c(F)c2F)cc1C. The van der Waals surface area contributed by atoms with Crippen LogP contribution in [0.2, 0.25) is 0 Å². The van der Waals surface area contributed by atoms with Crippen LogP contribution in [-0.4, -0.2) is 0 Å². The van der Waals surface area contributed by atoms with Gasteiger partial charge in [-0.05, 0) is 30.5 Å². The van der Waals surface area contributed by atoms with Crippen LogP contribution in [0.4, 0.5) is 22.0 Å². The average Bonchev–Trinajstić information content (AvgIpc) is 2.46. The highest BCUT2D eigenvalue weighted by Gasteiger charge is 2.30. The van der Waals surface area contributed by atoms with E-state index in [-0.39, 0.29) is 0 Å². The molecule has 2 aromatic carbocycles. The van der Waals surface area contributed by atoms with Crippen LogP contribution < -0.4 is 0 Å². The minimum Gasteiger partial charge on any atom is -0.203 e. The third kappa shape index (κ3) is 2.69. The molecule has 21 heavy (non-hydrogen) atoms. The first-order chi connectivity index (χ1) is 9.75. The van der Waals surface area contributed by atoms with Gasteiger partial charge in [-0.2, -0.15) is 0 Å². The number of halogens is 6. The maximum Gasteiger partial charge on any atom is 0.200 e. The van der Waals surface area contributed by atoms with Gasteiger partial charge in [-0.3, -0.25) is 0 Å². The zero-order valence-corrected chi connectivity index (χ0v) is 12.7. The van der Waals surface area contributed by atoms with Gasteiger partial charge in [-0.1, -0.05) is 34.1 Å². The first kappa shape index (κ1) is 15.9. The fourth-order valence-electron chi connectivity index (χ4n) is 1.93. The summed E-state index contributed by atoms with van der Waals surface area (Å²) >= 11 is 3.01. The standard InChI is InChI=1S/C15H10BrF5/c1-6-3-4-8(5-7(6)2)10(16)9-11(17)13(19)15(21)14(20)12(9)18/h3-5,10H,1-2H3. The second kappa shape index (κ2) is 5.75. The van der Waals surface area contributed by atoms with Gasteiger partial charge in [-0.25, -0.2) is 22.0 Å². The van der Waals surface area contributed by atoms with Crippen LogP contribution in [0.1, 0.15) is 27.1 Å². The first-order valence-corrected chi connectivity index (χ1v) is 6.89. The molecule has 0 nitrogen and oxygen atoms in total. The summed E-state index contributed by atoms with van der Waals surface area (Å²) in [6.45, 7) is 3.64. The minimum absolute atomic E-state index is 0.404. The van der Waals surface area contributed by atoms with E-state index < -0.39 is 39.5 Å². The molecular weight excluding hydrogens is 355 g/mol. The predicted molar refractivity (Wildman–Crippen MR) is 72.9 cm³/mol. The Morgan fingerprint density at radius 2 is 1.24 bits per heavy atom. The number of hydrogen-bond acceptors (Lipinski definition) is 0. The van der Waals surface area contributed by atoms with E-state index in [1.54, 1.807) is 25.1 Å². The lowest BCUT2D eigenvalue weighted by atomic mass is 9.99. The molecule has 0 N–H and O–H groups in total. The molecule has 0 radical (unpaired) electrons. The van der Waals surface area contributed by atoms with Gasteiger partial charge in [0.05, 0.1) is 4.83 Å². The Kier molecular flexibility index (Phi) is 4.37. The van der Waals surface area contributed by atoms with Crippen molar-refractivity contribution in [3.05, 3.63) is 69.5 Å². The lowest BCUT2D eigenvalue weighted by Crippen LogP contribution is -2.09. The summed E-state index contributed by atoms with van der Waals surface area (Å²) in [5.74, 6) is -9.71. The summed E-state index contributed by atoms with van der Waals surface area (Å²) in [5.41, 5.74) is 1.31. The Labute approximate surface area is 126 Å². The van der Waals surface area contributed by atoms with Crippen molar-refractivity contribution in [3.63, 3.8) is 0 Å². The Balaban J connectivity index is 2.63. The molecule has 0 fully saturated rings. The summed E-state index contributed by atoms with van der Waals surface area (Å²) in [5, 5.41) is 0. The summed E-state index contributed by atoms with van der Waals surface area (Å²) in [6.07, 6.45) is 0. The molecule has 0 heterocycles. The molecule has 0 saturated carbocycles. The number of rotatable bonds is 2. The van der Waals surface area contributed by atoms with Gasteiger partial charge in [0.25, 0.3) is 0 Å². The van der Waals surface area contributed by atoms with Crippen molar-refractivity contribution in [3.8, 4) is 0 Å². The van der Waals surface area contributed by atoms with Gasteiger partial charge in [-0.15, -0.1) is 0 Å². The van der Waals surface area contributed by atoms with Gasteiger partial charge in [0, 0.05) is 5.56 Å². The minimum atomic E-state index is -2.16. The van der Waals surface area contributed by atoms with E-state index >= 15 is 0 Å². The zero-order valence-electron chi connectivity index (χ0n) is 11.1. The summed E-state index contributed by atoms with van der Waals surface area (Å²) in [4.78, 5) is -1.14. The molecule has 0 saturated heterocycles. The molecule has 2 rings (SSSR count). The molecule has 0 bridgehead atoms. The molecule has 0 aliphatic heterocycles. The molecule has 1 unspecified atom stereocenters. The maximum absolute atomic E-state index is 13.8. The third-order valence-electron chi connectivity index (χ3n) is 3.32. The van der Waals surface area contributed by atoms with Crippen LogP contribution in [0.25, 0.3) is 0 Å². The van der Waals surface area contributed by atoms with Crippen molar-refractivity contribution in [1.82, 2.24) is 0 Å². The fourth-order valence-corrected chi connectivity index (χ4v) is 2.62. The van der Waals surface area contributed by atoms with Crippen molar-refractivity contribution >= 4 is 15.9 Å². The molecule has 2 aromatic rings. The van der Waals surface area contributed by atoms with Gasteiger partial charge < -0.3 is 0 Å². The highest BCUT2D eigenvalue weighted by Crippen LogP contribution is 2.37. The summed E-state index contributed by atoms with van der Waals surface area (Å²) in [7, 11) is 0. The Morgan fingerprint density at radius 3 is 1.71 bits per heavy atom. The number of hydrogen-bond donors (Lipinski definition) is 0. The Bertz CT molecular complexity index is 683. The van der Waals surface area contributed by atoms with E-state index in [2.05, 4.69) is 15.9 Å². The monoisotopic (exact) mass is 364 g/mol. The van der Waals surface area contributed by atoms with Crippen LogP contribution in [-0.2, 0) is 0 Å². The van der Waals surface area contributed by atoms with Crippen LogP contribution in [0.15, 0.2) is 18.2 Å². The molecule has 1 atom stereocenters. The van der Waals surface area contributed by atoms with Crippen LogP contribution in [0.3, 0.4) is 0 Å². The smallest absolute Gasteiger partial charge is 0.200 e. The van der Waals surface area contributed by atoms with Gasteiger partial charge in [0.15, 0.2) is 23.3 Å². The fraction of sp³-hybridized carbons (Fsp3) is 0.200. The van der Waals surface area contributed by atoms with Crippen molar-refractivity contribution in [1.29, 1.82) is 0 Å². The maximum atomic E-state index is 13.8. The quantitative estimate of drug-likeness (QED) is 0.286. The summed E-state index contributed by atoms with van der Waals surface area (Å²) < 4.78 is 67.1. The molecule has 0 amide bonds. The van der Waals surface area contributed by atoms with Crippen LogP contribution in [0.5, 0.6) is 0 Å². The molecule has 112 valence electrons. The van der Waals surface area contributed by atoms with Gasteiger partial charge in [0.2, 0.25) is 5.82 Å². The van der Waals surface area contributed by atoms with Crippen molar-refractivity contribution in [2.45, 2.75) is 18.7 Å². The Morgan fingerprint density at radius 1 is 0.762 bits per heavy atom. The predicted octanol–water partition coefficient (Wildman–Crippen LogP) is 5.48. The molecule has 0 aliphatic rings. The van der Waals surface area contributed by atoms with Crippen molar-refractivity contribution < 1.29 is 22.0 Å². The van der Waals surface area contributed by atoms with E-state index in [1.807, 2.05) is 6.92 Å². The van der Waals surface area contributed by atoms with E-state index in [0.717, 1.165) is 11.1 Å². The van der Waals surface area contributed by atoms with Gasteiger partial charge in [0.1, 0.15) is 0 Å². The lowest BCUT2D eigenvalue weighted by molar-refractivity contribution is 0.371. The zero-order chi connectivity index (χ0) is 15.9. The largest absolute Gasteiger partial charge is 0.203 e. The van der Waals surface area contributed by atoms with E-state index in [0.29, 0.717) is 5.56 Å². The second-order valence-electron chi connectivity index (χ2n) is 4.69. The van der Waals surface area contributed by atoms with Crippen LogP contribution in [0, 0.1) is 42.9 Å². The Hall–Kier alpha value is -1.43. The average molecular weight is 365 g/mol. The topological polar surface area (TPSA) is 0 Å². The molecule has 0 spiro atoms. The van der Waals surface area contributed by atoms with Gasteiger partial charge >= 0.3 is 0 Å². The summed E-state index contributed by atoms with van der Waals surface area (Å²) in [6, 6.07) is 4.91. The number of benzene rings is 2. The second-order valence-corrected chi connectivity index (χ2v) is 5.61. The molecule has 0 aromatic heterocycles. The first-order valence-electron chi connectivity index (χ1n) is 5.98. The van der Waals surface area contributed by atoms with E-state index in [1.165, 1.54) is 0 Å². The third-order valence-corrected chi connectivity index (χ3v) is 4.31. The number of aryl methyl sites for hydroxylation is 2. The normalized spacial score (nSPS) is 12.6. The van der Waals surface area contributed by atoms with E-state index in [4.69, 9.17) is 0 Å². The molecular formula is C15H10BrF5. The van der Waals surface area contributed by atoms with E-state index in [9.17, 15) is 22.0 Å². The highest BCUT2D eigenvalue weighted by molar-refractivity contribution is 9.09. The number of alkyl halides is 1. The highest BCUT2D eigenvalue weighted by atomic mass is 79.9. The lowest BCUT2D eigenvalue weighted by Gasteiger charge is -2.15. The molecule has 0 aliphatic carbocycles. The van der Waals surface area contributed by atoms with Crippen molar-refractivity contribution in [2.24, 2.45) is 0 Å².